The van der Waals surface area contributed by atoms with E-state index in [1.807, 2.05) is 0 Å². The fourth-order valence-electron chi connectivity index (χ4n) is 2.44. The predicted molar refractivity (Wildman–Crippen MR) is 50.5 cm³/mol. The van der Waals surface area contributed by atoms with Gasteiger partial charge in [-0.2, -0.15) is 0 Å². The first-order valence-corrected chi connectivity index (χ1v) is 4.83. The van der Waals surface area contributed by atoms with Crippen LogP contribution in [0.5, 0.6) is 0 Å². The number of rotatable bonds is 1. The molecule has 0 aromatic carbocycles. The third-order valence-electron chi connectivity index (χ3n) is 3.70. The number of ether oxygens (including phenoxy) is 1. The number of fused-ring (bicyclic) bond motifs is 1. The predicted octanol–water partition coefficient (Wildman–Crippen LogP) is 1.33. The smallest absolute Gasteiger partial charge is 0.341 e. The second-order valence-electron chi connectivity index (χ2n) is 4.65. The van der Waals surface area contributed by atoms with Crippen molar-refractivity contribution in [1.29, 1.82) is 0 Å². The molecule has 76 valence electrons. The summed E-state index contributed by atoms with van der Waals surface area (Å²) in [6.45, 7) is 4.16. The number of Topliss-reactive ketones (excluding diaryl/α,β-unsaturated/α-hetero) is 1. The lowest BCUT2D eigenvalue weighted by molar-refractivity contribution is -0.144. The third kappa shape index (κ3) is 0.982. The Balaban J connectivity index is 2.33. The van der Waals surface area contributed by atoms with E-state index in [9.17, 15) is 9.59 Å². The first-order chi connectivity index (χ1) is 6.48. The van der Waals surface area contributed by atoms with E-state index in [0.717, 1.165) is 6.42 Å². The van der Waals surface area contributed by atoms with Crippen LogP contribution in [0, 0.1) is 17.3 Å². The summed E-state index contributed by atoms with van der Waals surface area (Å²) in [6, 6.07) is 0. The molecule has 0 heterocycles. The maximum Gasteiger partial charge on any atom is 0.341 e. The van der Waals surface area contributed by atoms with Crippen molar-refractivity contribution >= 4 is 11.8 Å². The van der Waals surface area contributed by atoms with Gasteiger partial charge in [-0.15, -0.1) is 0 Å². The Kier molecular flexibility index (Phi) is 1.81. The number of hydrogen-bond acceptors (Lipinski definition) is 3. The van der Waals surface area contributed by atoms with Crippen LogP contribution in [0.15, 0.2) is 11.6 Å². The molecule has 0 aromatic heterocycles. The van der Waals surface area contributed by atoms with Crippen molar-refractivity contribution in [2.45, 2.75) is 20.3 Å². The average Bonchev–Trinajstić information content (AvgIpc) is 2.16. The minimum absolute atomic E-state index is 0.0200. The highest BCUT2D eigenvalue weighted by atomic mass is 16.5. The molecule has 0 spiro atoms. The molecule has 1 saturated carbocycles. The largest absolute Gasteiger partial charge is 0.465 e. The highest BCUT2D eigenvalue weighted by molar-refractivity contribution is 6.19. The van der Waals surface area contributed by atoms with Crippen LogP contribution in [-0.2, 0) is 14.3 Å². The fourth-order valence-corrected chi connectivity index (χ4v) is 2.44. The van der Waals surface area contributed by atoms with E-state index < -0.39 is 5.97 Å². The van der Waals surface area contributed by atoms with Gasteiger partial charge in [-0.3, -0.25) is 4.79 Å². The number of esters is 1. The van der Waals surface area contributed by atoms with Crippen LogP contribution >= 0.6 is 0 Å². The first kappa shape index (κ1) is 9.44. The molecule has 3 nitrogen and oxygen atoms in total. The Bertz CT molecular complexity index is 338. The van der Waals surface area contributed by atoms with E-state index in [4.69, 9.17) is 0 Å². The van der Waals surface area contributed by atoms with Gasteiger partial charge in [0.25, 0.3) is 0 Å². The van der Waals surface area contributed by atoms with Crippen molar-refractivity contribution in [2.24, 2.45) is 17.3 Å². The van der Waals surface area contributed by atoms with Crippen LogP contribution < -0.4 is 0 Å². The van der Waals surface area contributed by atoms with Crippen molar-refractivity contribution in [1.82, 2.24) is 0 Å². The number of carbonyl (C=O) groups excluding carboxylic acids is 2. The number of ketones is 1. The van der Waals surface area contributed by atoms with E-state index >= 15 is 0 Å². The summed E-state index contributed by atoms with van der Waals surface area (Å²) < 4.78 is 4.57. The summed E-state index contributed by atoms with van der Waals surface area (Å²) in [4.78, 5) is 23.1. The van der Waals surface area contributed by atoms with Crippen molar-refractivity contribution in [2.75, 3.05) is 7.11 Å². The fraction of sp³-hybridized carbons (Fsp3) is 0.636. The molecule has 0 N–H and O–H groups in total. The Hall–Kier alpha value is -1.12. The Morgan fingerprint density at radius 1 is 1.57 bits per heavy atom. The normalized spacial score (nSPS) is 33.1. The standard InChI is InChI=1S/C11H14O3/c1-11(2)6-4-7(10(13)14-3)9(12)8(11)5-6/h4,6,8H,5H2,1-3H3/t6-,8-/m0/s1. The Morgan fingerprint density at radius 3 is 2.64 bits per heavy atom. The monoisotopic (exact) mass is 194 g/mol. The molecule has 3 rings (SSSR count). The van der Waals surface area contributed by atoms with Crippen molar-refractivity contribution in [3.63, 3.8) is 0 Å². The molecule has 0 amide bonds. The average molecular weight is 194 g/mol. The van der Waals surface area contributed by atoms with E-state index in [-0.39, 0.29) is 22.7 Å². The molecule has 2 bridgehead atoms. The Morgan fingerprint density at radius 2 is 2.21 bits per heavy atom. The molecular formula is C11H14O3. The van der Waals surface area contributed by atoms with Crippen LogP contribution in [0.3, 0.4) is 0 Å². The van der Waals surface area contributed by atoms with Gasteiger partial charge in [0.05, 0.1) is 12.7 Å². The SMILES string of the molecule is COC(=O)C1=C[C@H]2C[C@@H](C1=O)C2(C)C. The topological polar surface area (TPSA) is 43.4 Å². The second kappa shape index (κ2) is 2.69. The minimum atomic E-state index is -0.486. The van der Waals surface area contributed by atoms with Crippen molar-refractivity contribution in [3.05, 3.63) is 11.6 Å². The highest BCUT2D eigenvalue weighted by Crippen LogP contribution is 2.56. The van der Waals surface area contributed by atoms with E-state index in [1.54, 1.807) is 6.08 Å². The van der Waals surface area contributed by atoms with Crippen LogP contribution in [0.1, 0.15) is 20.3 Å². The molecule has 0 radical (unpaired) electrons. The number of methoxy groups -OCH3 is 1. The van der Waals surface area contributed by atoms with E-state index in [2.05, 4.69) is 18.6 Å². The molecule has 1 fully saturated rings. The molecule has 0 saturated heterocycles. The van der Waals surface area contributed by atoms with Gasteiger partial charge in [-0.05, 0) is 17.8 Å². The Labute approximate surface area is 83.1 Å². The van der Waals surface area contributed by atoms with E-state index in [1.165, 1.54) is 7.11 Å². The van der Waals surface area contributed by atoms with Crippen molar-refractivity contribution in [3.8, 4) is 0 Å². The van der Waals surface area contributed by atoms with Gasteiger partial charge in [-0.1, -0.05) is 19.9 Å². The molecule has 0 aromatic rings. The molecule has 3 aliphatic carbocycles. The molecule has 0 aliphatic heterocycles. The van der Waals surface area contributed by atoms with Gasteiger partial charge in [0, 0.05) is 5.92 Å². The highest BCUT2D eigenvalue weighted by Gasteiger charge is 2.55. The summed E-state index contributed by atoms with van der Waals surface area (Å²) in [6.07, 6.45) is 2.68. The van der Waals surface area contributed by atoms with Crippen LogP contribution in [0.4, 0.5) is 0 Å². The lowest BCUT2D eigenvalue weighted by Gasteiger charge is -2.53. The van der Waals surface area contributed by atoms with Gasteiger partial charge in [0.1, 0.15) is 0 Å². The quantitative estimate of drug-likeness (QED) is 0.467. The summed E-state index contributed by atoms with van der Waals surface area (Å²) in [5.74, 6) is -0.143. The molecule has 0 unspecified atom stereocenters. The summed E-state index contributed by atoms with van der Waals surface area (Å²) in [5.41, 5.74) is 0.294. The van der Waals surface area contributed by atoms with Crippen LogP contribution in [0.25, 0.3) is 0 Å². The first-order valence-electron chi connectivity index (χ1n) is 4.83. The van der Waals surface area contributed by atoms with Crippen LogP contribution in [0.2, 0.25) is 0 Å². The number of allylic oxidation sites excluding steroid dienone is 1. The number of hydrogen-bond donors (Lipinski definition) is 0. The summed E-state index contributed by atoms with van der Waals surface area (Å²) in [5, 5.41) is 0. The van der Waals surface area contributed by atoms with Crippen LogP contribution in [-0.4, -0.2) is 18.9 Å². The lowest BCUT2D eigenvalue weighted by atomic mass is 9.49. The van der Waals surface area contributed by atoms with Gasteiger partial charge >= 0.3 is 5.97 Å². The molecule has 14 heavy (non-hydrogen) atoms. The molecule has 3 aliphatic rings. The van der Waals surface area contributed by atoms with Gasteiger partial charge in [0.2, 0.25) is 0 Å². The second-order valence-corrected chi connectivity index (χ2v) is 4.65. The zero-order valence-corrected chi connectivity index (χ0v) is 8.66. The van der Waals surface area contributed by atoms with Gasteiger partial charge in [-0.25, -0.2) is 4.79 Å². The summed E-state index contributed by atoms with van der Waals surface area (Å²) >= 11 is 0. The van der Waals surface area contributed by atoms with E-state index in [0.29, 0.717) is 5.92 Å². The molecule has 3 heteroatoms. The van der Waals surface area contributed by atoms with Gasteiger partial charge in [0.15, 0.2) is 5.78 Å². The zero-order valence-electron chi connectivity index (χ0n) is 8.66. The minimum Gasteiger partial charge on any atom is -0.465 e. The maximum absolute atomic E-state index is 11.8. The molecular weight excluding hydrogens is 180 g/mol. The molecule has 2 atom stereocenters. The van der Waals surface area contributed by atoms with Crippen molar-refractivity contribution < 1.29 is 14.3 Å². The number of carbonyl (C=O) groups is 2. The third-order valence-corrected chi connectivity index (χ3v) is 3.70. The summed E-state index contributed by atoms with van der Waals surface area (Å²) in [7, 11) is 1.31. The zero-order chi connectivity index (χ0) is 10.5. The maximum atomic E-state index is 11.8. The lowest BCUT2D eigenvalue weighted by Crippen LogP contribution is -2.52. The van der Waals surface area contributed by atoms with Gasteiger partial charge < -0.3 is 4.74 Å².